The van der Waals surface area contributed by atoms with Crippen LogP contribution in [0.5, 0.6) is 5.75 Å². The summed E-state index contributed by atoms with van der Waals surface area (Å²) < 4.78 is 5.25. The quantitative estimate of drug-likeness (QED) is 0.836. The van der Waals surface area contributed by atoms with E-state index in [9.17, 15) is 4.79 Å². The maximum atomic E-state index is 12.9. The number of likely N-dealkylation sites (N-methyl/N-ethyl adjacent to an activating group) is 1. The fraction of sp³-hybridized carbons (Fsp3) is 0.632. The maximum Gasteiger partial charge on any atom is 0.320 e. The van der Waals surface area contributed by atoms with E-state index in [1.54, 1.807) is 7.11 Å². The van der Waals surface area contributed by atoms with Crippen molar-refractivity contribution in [2.75, 3.05) is 53.4 Å². The molecule has 1 aromatic carbocycles. The average molecular weight is 331 g/mol. The van der Waals surface area contributed by atoms with Crippen LogP contribution in [0.1, 0.15) is 30.7 Å². The third kappa shape index (κ3) is 4.01. The van der Waals surface area contributed by atoms with Crippen molar-refractivity contribution in [3.63, 3.8) is 0 Å². The van der Waals surface area contributed by atoms with E-state index in [1.165, 1.54) is 12.0 Å². The number of amides is 2. The molecule has 3 rings (SSSR count). The predicted molar refractivity (Wildman–Crippen MR) is 95.6 cm³/mol. The van der Waals surface area contributed by atoms with Gasteiger partial charge in [0.2, 0.25) is 0 Å². The van der Waals surface area contributed by atoms with E-state index >= 15 is 0 Å². The highest BCUT2D eigenvalue weighted by molar-refractivity contribution is 5.74. The molecule has 0 bridgehead atoms. The van der Waals surface area contributed by atoms with Crippen molar-refractivity contribution in [1.82, 2.24) is 14.7 Å². The number of carbonyl (C=O) groups is 1. The van der Waals surface area contributed by atoms with E-state index in [-0.39, 0.29) is 6.03 Å². The molecule has 2 heterocycles. The Morgan fingerprint density at radius 2 is 1.71 bits per heavy atom. The van der Waals surface area contributed by atoms with Crippen molar-refractivity contribution in [1.29, 1.82) is 0 Å². The molecule has 0 unspecified atom stereocenters. The molecule has 0 spiro atoms. The van der Waals surface area contributed by atoms with Crippen LogP contribution in [0.3, 0.4) is 0 Å². The topological polar surface area (TPSA) is 36.0 Å². The van der Waals surface area contributed by atoms with Gasteiger partial charge in [-0.3, -0.25) is 0 Å². The number of hydrogen-bond acceptors (Lipinski definition) is 3. The number of rotatable bonds is 2. The normalized spacial score (nSPS) is 23.0. The average Bonchev–Trinajstić information content (AvgIpc) is 2.88. The molecule has 0 aromatic heterocycles. The second-order valence-electron chi connectivity index (χ2n) is 6.98. The molecule has 1 atom stereocenters. The second kappa shape index (κ2) is 7.88. The number of carbonyl (C=O) groups excluding carboxylic acids is 1. The fourth-order valence-corrected chi connectivity index (χ4v) is 3.66. The van der Waals surface area contributed by atoms with Crippen LogP contribution in [0.15, 0.2) is 24.3 Å². The Balaban J connectivity index is 1.66. The molecular weight excluding hydrogens is 302 g/mol. The van der Waals surface area contributed by atoms with Gasteiger partial charge in [0.1, 0.15) is 5.75 Å². The third-order valence-electron chi connectivity index (χ3n) is 5.30. The Hall–Kier alpha value is -1.75. The molecule has 2 aliphatic rings. The molecule has 5 heteroatoms. The first-order valence-electron chi connectivity index (χ1n) is 9.03. The molecular formula is C19H29N3O2. The zero-order chi connectivity index (χ0) is 16.9. The van der Waals surface area contributed by atoms with Gasteiger partial charge < -0.3 is 19.4 Å². The van der Waals surface area contributed by atoms with Crippen LogP contribution in [0.25, 0.3) is 0 Å². The van der Waals surface area contributed by atoms with Crippen molar-refractivity contribution < 1.29 is 9.53 Å². The number of hydrogen-bond donors (Lipinski definition) is 0. The van der Waals surface area contributed by atoms with Crippen LogP contribution < -0.4 is 4.74 Å². The fourth-order valence-electron chi connectivity index (χ4n) is 3.66. The standard InChI is InChI=1S/C19H29N3O2/c1-20-11-13-21(14-12-20)19(23)22-10-4-3-5-17(15-22)16-6-8-18(24-2)9-7-16/h6-9,17H,3-5,10-15H2,1-2H3/t17-/m0/s1. The number of methoxy groups -OCH3 is 1. The Kier molecular flexibility index (Phi) is 5.61. The van der Waals surface area contributed by atoms with Gasteiger partial charge in [-0.05, 0) is 37.6 Å². The minimum Gasteiger partial charge on any atom is -0.497 e. The molecule has 5 nitrogen and oxygen atoms in total. The van der Waals surface area contributed by atoms with E-state index in [2.05, 4.69) is 29.0 Å². The van der Waals surface area contributed by atoms with Gasteiger partial charge >= 0.3 is 6.03 Å². The van der Waals surface area contributed by atoms with Gasteiger partial charge in [0.25, 0.3) is 0 Å². The summed E-state index contributed by atoms with van der Waals surface area (Å²) in [5.41, 5.74) is 1.31. The van der Waals surface area contributed by atoms with Crippen molar-refractivity contribution in [3.05, 3.63) is 29.8 Å². The Morgan fingerprint density at radius 3 is 2.38 bits per heavy atom. The monoisotopic (exact) mass is 331 g/mol. The Bertz CT molecular complexity index is 538. The summed E-state index contributed by atoms with van der Waals surface area (Å²) in [6, 6.07) is 8.56. The van der Waals surface area contributed by atoms with Crippen LogP contribution in [0.2, 0.25) is 0 Å². The summed E-state index contributed by atoms with van der Waals surface area (Å²) in [6.45, 7) is 5.36. The summed E-state index contributed by atoms with van der Waals surface area (Å²) in [7, 11) is 3.81. The molecule has 2 saturated heterocycles. The minimum absolute atomic E-state index is 0.225. The summed E-state index contributed by atoms with van der Waals surface area (Å²) in [6.07, 6.45) is 3.44. The first-order chi connectivity index (χ1) is 11.7. The summed E-state index contributed by atoms with van der Waals surface area (Å²) in [5, 5.41) is 0. The smallest absolute Gasteiger partial charge is 0.320 e. The van der Waals surface area contributed by atoms with Gasteiger partial charge in [-0.2, -0.15) is 0 Å². The number of benzene rings is 1. The molecule has 132 valence electrons. The lowest BCUT2D eigenvalue weighted by molar-refractivity contribution is 0.122. The molecule has 0 saturated carbocycles. The number of ether oxygens (including phenoxy) is 1. The number of nitrogens with zero attached hydrogens (tertiary/aromatic N) is 3. The van der Waals surface area contributed by atoms with Crippen LogP contribution in [0, 0.1) is 0 Å². The Morgan fingerprint density at radius 1 is 1.00 bits per heavy atom. The number of piperazine rings is 1. The second-order valence-corrected chi connectivity index (χ2v) is 6.98. The molecule has 2 aliphatic heterocycles. The van der Waals surface area contributed by atoms with Gasteiger partial charge in [-0.25, -0.2) is 4.79 Å². The summed E-state index contributed by atoms with van der Waals surface area (Å²) in [5.74, 6) is 1.31. The first kappa shape index (κ1) is 17.1. The van der Waals surface area contributed by atoms with Gasteiger partial charge in [0, 0.05) is 45.2 Å². The van der Waals surface area contributed by atoms with Gasteiger partial charge in [-0.1, -0.05) is 18.6 Å². The van der Waals surface area contributed by atoms with Crippen LogP contribution in [-0.2, 0) is 0 Å². The number of urea groups is 1. The largest absolute Gasteiger partial charge is 0.497 e. The lowest BCUT2D eigenvalue weighted by atomic mass is 9.94. The molecule has 2 amide bonds. The molecule has 24 heavy (non-hydrogen) atoms. The first-order valence-corrected chi connectivity index (χ1v) is 9.03. The zero-order valence-electron chi connectivity index (χ0n) is 14.9. The van der Waals surface area contributed by atoms with Gasteiger partial charge in [0.05, 0.1) is 7.11 Å². The summed E-state index contributed by atoms with van der Waals surface area (Å²) >= 11 is 0. The molecule has 0 N–H and O–H groups in total. The predicted octanol–water partition coefficient (Wildman–Crippen LogP) is 2.63. The molecule has 1 aromatic rings. The van der Waals surface area contributed by atoms with Gasteiger partial charge in [-0.15, -0.1) is 0 Å². The highest BCUT2D eigenvalue weighted by Crippen LogP contribution is 2.28. The maximum absolute atomic E-state index is 12.9. The zero-order valence-corrected chi connectivity index (χ0v) is 14.9. The third-order valence-corrected chi connectivity index (χ3v) is 5.30. The van der Waals surface area contributed by atoms with E-state index in [0.29, 0.717) is 5.92 Å². The SMILES string of the molecule is COc1ccc([C@H]2CCCCN(C(=O)N3CCN(C)CC3)C2)cc1. The van der Waals surface area contributed by atoms with Crippen molar-refractivity contribution in [3.8, 4) is 5.75 Å². The summed E-state index contributed by atoms with van der Waals surface area (Å²) in [4.78, 5) is 19.3. The van der Waals surface area contributed by atoms with Crippen LogP contribution >= 0.6 is 0 Å². The van der Waals surface area contributed by atoms with E-state index in [4.69, 9.17) is 4.74 Å². The lowest BCUT2D eigenvalue weighted by Gasteiger charge is -2.36. The molecule has 0 aliphatic carbocycles. The minimum atomic E-state index is 0.225. The van der Waals surface area contributed by atoms with E-state index < -0.39 is 0 Å². The van der Waals surface area contributed by atoms with Crippen LogP contribution in [-0.4, -0.2) is 74.2 Å². The van der Waals surface area contributed by atoms with E-state index in [0.717, 1.165) is 57.9 Å². The number of likely N-dealkylation sites (tertiary alicyclic amines) is 1. The van der Waals surface area contributed by atoms with Crippen molar-refractivity contribution in [2.45, 2.75) is 25.2 Å². The van der Waals surface area contributed by atoms with E-state index in [1.807, 2.05) is 17.0 Å². The Labute approximate surface area is 145 Å². The van der Waals surface area contributed by atoms with Crippen molar-refractivity contribution in [2.24, 2.45) is 0 Å². The van der Waals surface area contributed by atoms with Crippen molar-refractivity contribution >= 4 is 6.03 Å². The highest BCUT2D eigenvalue weighted by atomic mass is 16.5. The van der Waals surface area contributed by atoms with Gasteiger partial charge in [0.15, 0.2) is 0 Å². The lowest BCUT2D eigenvalue weighted by Crippen LogP contribution is -2.52. The highest BCUT2D eigenvalue weighted by Gasteiger charge is 2.28. The molecule has 2 fully saturated rings. The van der Waals surface area contributed by atoms with Crippen LogP contribution in [0.4, 0.5) is 4.79 Å². The molecule has 0 radical (unpaired) electrons.